The average molecular weight is 185 g/mol. The van der Waals surface area contributed by atoms with Crippen molar-refractivity contribution >= 4 is 5.97 Å². The standard InChI is InChI=1S/C9H15NO3/c1-2-13-7(11)9(10)3-8(4-9)5-12-6-8/h2-6,10H2,1H3. The molecule has 4 nitrogen and oxygen atoms in total. The van der Waals surface area contributed by atoms with Crippen LogP contribution in [0.1, 0.15) is 19.8 Å². The molecule has 1 aliphatic carbocycles. The molecular weight excluding hydrogens is 170 g/mol. The Morgan fingerprint density at radius 3 is 2.54 bits per heavy atom. The molecule has 2 N–H and O–H groups in total. The van der Waals surface area contributed by atoms with Gasteiger partial charge in [0.1, 0.15) is 5.54 Å². The van der Waals surface area contributed by atoms with Crippen molar-refractivity contribution in [1.29, 1.82) is 0 Å². The highest BCUT2D eigenvalue weighted by Crippen LogP contribution is 2.52. The molecule has 1 spiro atoms. The summed E-state index contributed by atoms with van der Waals surface area (Å²) in [6.07, 6.45) is 1.44. The molecule has 4 heteroatoms. The van der Waals surface area contributed by atoms with Crippen LogP contribution in [0.4, 0.5) is 0 Å². The molecule has 0 atom stereocenters. The van der Waals surface area contributed by atoms with Crippen LogP contribution in [-0.2, 0) is 14.3 Å². The highest BCUT2D eigenvalue weighted by molar-refractivity contribution is 5.82. The minimum Gasteiger partial charge on any atom is -0.465 e. The zero-order valence-corrected chi connectivity index (χ0v) is 7.84. The first kappa shape index (κ1) is 8.97. The summed E-state index contributed by atoms with van der Waals surface area (Å²) in [6, 6.07) is 0. The van der Waals surface area contributed by atoms with Crippen LogP contribution in [0.15, 0.2) is 0 Å². The van der Waals surface area contributed by atoms with E-state index < -0.39 is 5.54 Å². The van der Waals surface area contributed by atoms with Crippen molar-refractivity contribution in [1.82, 2.24) is 0 Å². The first-order valence-electron chi connectivity index (χ1n) is 4.64. The molecule has 74 valence electrons. The summed E-state index contributed by atoms with van der Waals surface area (Å²) in [5, 5.41) is 0. The molecule has 13 heavy (non-hydrogen) atoms. The number of nitrogens with two attached hydrogens (primary N) is 1. The van der Waals surface area contributed by atoms with E-state index in [1.54, 1.807) is 6.92 Å². The van der Waals surface area contributed by atoms with E-state index in [1.165, 1.54) is 0 Å². The SMILES string of the molecule is CCOC(=O)C1(N)CC2(COC2)C1. The molecule has 0 amide bonds. The van der Waals surface area contributed by atoms with Gasteiger partial charge in [0.15, 0.2) is 0 Å². The van der Waals surface area contributed by atoms with Gasteiger partial charge in [-0.05, 0) is 19.8 Å². The molecule has 1 heterocycles. The van der Waals surface area contributed by atoms with Gasteiger partial charge in [-0.3, -0.25) is 4.79 Å². The van der Waals surface area contributed by atoms with Crippen molar-refractivity contribution in [3.8, 4) is 0 Å². The van der Waals surface area contributed by atoms with E-state index in [2.05, 4.69) is 0 Å². The highest BCUT2D eigenvalue weighted by atomic mass is 16.5. The van der Waals surface area contributed by atoms with Crippen molar-refractivity contribution in [3.05, 3.63) is 0 Å². The largest absolute Gasteiger partial charge is 0.465 e. The van der Waals surface area contributed by atoms with Gasteiger partial charge in [-0.25, -0.2) is 0 Å². The van der Waals surface area contributed by atoms with E-state index in [-0.39, 0.29) is 11.4 Å². The second-order valence-corrected chi connectivity index (χ2v) is 4.22. The molecular formula is C9H15NO3. The molecule has 1 aliphatic heterocycles. The molecule has 2 fully saturated rings. The minimum atomic E-state index is -0.722. The number of hydrogen-bond donors (Lipinski definition) is 1. The fourth-order valence-electron chi connectivity index (χ4n) is 2.30. The van der Waals surface area contributed by atoms with Crippen molar-refractivity contribution < 1.29 is 14.3 Å². The third kappa shape index (κ3) is 1.25. The lowest BCUT2D eigenvalue weighted by atomic mass is 9.56. The van der Waals surface area contributed by atoms with E-state index in [4.69, 9.17) is 15.2 Å². The number of carbonyl (C=O) groups is 1. The normalized spacial score (nSPS) is 27.5. The number of hydrogen-bond acceptors (Lipinski definition) is 4. The maximum Gasteiger partial charge on any atom is 0.326 e. The monoisotopic (exact) mass is 185 g/mol. The predicted molar refractivity (Wildman–Crippen MR) is 46.0 cm³/mol. The molecule has 0 unspecified atom stereocenters. The van der Waals surface area contributed by atoms with Gasteiger partial charge >= 0.3 is 5.97 Å². The zero-order chi connectivity index (χ0) is 9.53. The molecule has 1 saturated heterocycles. The van der Waals surface area contributed by atoms with Gasteiger partial charge in [0.05, 0.1) is 19.8 Å². The lowest BCUT2D eigenvalue weighted by Gasteiger charge is -2.56. The third-order valence-corrected chi connectivity index (χ3v) is 2.88. The van der Waals surface area contributed by atoms with Crippen molar-refractivity contribution in [2.45, 2.75) is 25.3 Å². The lowest BCUT2D eigenvalue weighted by molar-refractivity contribution is -0.201. The van der Waals surface area contributed by atoms with E-state index in [0.717, 1.165) is 26.1 Å². The molecule has 0 bridgehead atoms. The Kier molecular flexibility index (Phi) is 1.85. The number of carbonyl (C=O) groups excluding carboxylic acids is 1. The van der Waals surface area contributed by atoms with Crippen molar-refractivity contribution in [2.75, 3.05) is 19.8 Å². The summed E-state index contributed by atoms with van der Waals surface area (Å²) >= 11 is 0. The van der Waals surface area contributed by atoms with Crippen LogP contribution in [0.5, 0.6) is 0 Å². The molecule has 0 radical (unpaired) electrons. The van der Waals surface area contributed by atoms with Gasteiger partial charge in [-0.1, -0.05) is 0 Å². The fraction of sp³-hybridized carbons (Fsp3) is 0.889. The predicted octanol–water partition coefficient (Wildman–Crippen LogP) is 0.0574. The van der Waals surface area contributed by atoms with Crippen LogP contribution in [0, 0.1) is 5.41 Å². The Hall–Kier alpha value is -0.610. The van der Waals surface area contributed by atoms with Crippen LogP contribution < -0.4 is 5.73 Å². The summed E-state index contributed by atoms with van der Waals surface area (Å²) in [5.41, 5.74) is 5.37. The molecule has 2 aliphatic rings. The topological polar surface area (TPSA) is 61.5 Å². The Morgan fingerprint density at radius 2 is 2.15 bits per heavy atom. The quantitative estimate of drug-likeness (QED) is 0.618. The number of rotatable bonds is 2. The van der Waals surface area contributed by atoms with Gasteiger partial charge in [0, 0.05) is 5.41 Å². The Balaban J connectivity index is 1.90. The summed E-state index contributed by atoms with van der Waals surface area (Å²) in [7, 11) is 0. The van der Waals surface area contributed by atoms with Crippen molar-refractivity contribution in [2.24, 2.45) is 11.1 Å². The Labute approximate surface area is 77.4 Å². The van der Waals surface area contributed by atoms with Crippen LogP contribution in [0.3, 0.4) is 0 Å². The first-order valence-corrected chi connectivity index (χ1v) is 4.64. The van der Waals surface area contributed by atoms with E-state index >= 15 is 0 Å². The number of ether oxygens (including phenoxy) is 2. The van der Waals surface area contributed by atoms with Crippen LogP contribution in [0.2, 0.25) is 0 Å². The smallest absolute Gasteiger partial charge is 0.326 e. The molecule has 1 saturated carbocycles. The maximum atomic E-state index is 11.4. The van der Waals surface area contributed by atoms with Crippen LogP contribution in [-0.4, -0.2) is 31.3 Å². The van der Waals surface area contributed by atoms with E-state index in [9.17, 15) is 4.79 Å². The fourth-order valence-corrected chi connectivity index (χ4v) is 2.30. The van der Waals surface area contributed by atoms with Gasteiger partial charge < -0.3 is 15.2 Å². The number of esters is 1. The van der Waals surface area contributed by atoms with Gasteiger partial charge in [-0.15, -0.1) is 0 Å². The van der Waals surface area contributed by atoms with Crippen LogP contribution in [0.25, 0.3) is 0 Å². The zero-order valence-electron chi connectivity index (χ0n) is 7.84. The summed E-state index contributed by atoms with van der Waals surface area (Å²) in [5.74, 6) is -0.257. The third-order valence-electron chi connectivity index (χ3n) is 2.88. The molecule has 2 rings (SSSR count). The van der Waals surface area contributed by atoms with E-state index in [1.807, 2.05) is 0 Å². The molecule has 0 aromatic rings. The van der Waals surface area contributed by atoms with Gasteiger partial charge in [0.25, 0.3) is 0 Å². The van der Waals surface area contributed by atoms with Gasteiger partial charge in [-0.2, -0.15) is 0 Å². The first-order chi connectivity index (χ1) is 6.10. The molecule has 0 aromatic carbocycles. The van der Waals surface area contributed by atoms with E-state index in [0.29, 0.717) is 6.61 Å². The molecule has 0 aromatic heterocycles. The summed E-state index contributed by atoms with van der Waals surface area (Å²) in [4.78, 5) is 11.4. The average Bonchev–Trinajstić information content (AvgIpc) is 1.95. The summed E-state index contributed by atoms with van der Waals surface area (Å²) in [6.45, 7) is 3.71. The Morgan fingerprint density at radius 1 is 1.54 bits per heavy atom. The maximum absolute atomic E-state index is 11.4. The van der Waals surface area contributed by atoms with Gasteiger partial charge in [0.2, 0.25) is 0 Å². The highest BCUT2D eigenvalue weighted by Gasteiger charge is 2.60. The Bertz CT molecular complexity index is 227. The van der Waals surface area contributed by atoms with Crippen molar-refractivity contribution in [3.63, 3.8) is 0 Å². The second kappa shape index (κ2) is 2.69. The minimum absolute atomic E-state index is 0.210. The summed E-state index contributed by atoms with van der Waals surface area (Å²) < 4.78 is 10.0. The second-order valence-electron chi connectivity index (χ2n) is 4.22. The lowest BCUT2D eigenvalue weighted by Crippen LogP contribution is -2.69. The van der Waals surface area contributed by atoms with Crippen LogP contribution >= 0.6 is 0 Å².